The number of rotatable bonds is 4. The molecule has 0 spiro atoms. The Morgan fingerprint density at radius 1 is 1.24 bits per heavy atom. The number of hydrogen-bond donors (Lipinski definition) is 0. The third-order valence-electron chi connectivity index (χ3n) is 3.20. The zero-order valence-electron chi connectivity index (χ0n) is 11.5. The highest BCUT2D eigenvalue weighted by Crippen LogP contribution is 2.30. The predicted octanol–water partition coefficient (Wildman–Crippen LogP) is 2.50. The molecule has 0 saturated heterocycles. The van der Waals surface area contributed by atoms with Gasteiger partial charge in [-0.25, -0.2) is 0 Å². The van der Waals surface area contributed by atoms with Crippen LogP contribution in [0.2, 0.25) is 0 Å². The van der Waals surface area contributed by atoms with Crippen molar-refractivity contribution in [3.8, 4) is 5.75 Å². The van der Waals surface area contributed by atoms with Gasteiger partial charge in [-0.3, -0.25) is 9.69 Å². The second-order valence-electron chi connectivity index (χ2n) is 4.58. The molecule has 0 saturated carbocycles. The molecule has 0 aliphatic heterocycles. The quantitative estimate of drug-likeness (QED) is 0.803. The van der Waals surface area contributed by atoms with Crippen LogP contribution in [0, 0.1) is 13.8 Å². The summed E-state index contributed by atoms with van der Waals surface area (Å²) < 4.78 is 5.28. The summed E-state index contributed by atoms with van der Waals surface area (Å²) >= 11 is 0. The van der Waals surface area contributed by atoms with E-state index >= 15 is 0 Å². The van der Waals surface area contributed by atoms with Gasteiger partial charge < -0.3 is 4.74 Å². The van der Waals surface area contributed by atoms with Gasteiger partial charge in [0.1, 0.15) is 5.75 Å². The summed E-state index contributed by atoms with van der Waals surface area (Å²) in [5.41, 5.74) is 3.28. The van der Waals surface area contributed by atoms with Crippen molar-refractivity contribution in [3.63, 3.8) is 0 Å². The van der Waals surface area contributed by atoms with E-state index in [2.05, 4.69) is 0 Å². The molecule has 94 valence electrons. The van der Waals surface area contributed by atoms with E-state index in [4.69, 9.17) is 4.74 Å². The number of hydrogen-bond acceptors (Lipinski definition) is 3. The average Bonchev–Trinajstić information content (AvgIpc) is 2.24. The van der Waals surface area contributed by atoms with Gasteiger partial charge in [-0.15, -0.1) is 0 Å². The van der Waals surface area contributed by atoms with E-state index in [-0.39, 0.29) is 11.8 Å². The molecule has 17 heavy (non-hydrogen) atoms. The lowest BCUT2D eigenvalue weighted by atomic mass is 9.94. The number of methoxy groups -OCH3 is 1. The van der Waals surface area contributed by atoms with E-state index in [1.54, 1.807) is 14.0 Å². The van der Waals surface area contributed by atoms with Gasteiger partial charge in [0.05, 0.1) is 13.2 Å². The summed E-state index contributed by atoms with van der Waals surface area (Å²) in [6.07, 6.45) is 0. The van der Waals surface area contributed by atoms with E-state index < -0.39 is 0 Å². The van der Waals surface area contributed by atoms with E-state index in [1.165, 1.54) is 0 Å². The monoisotopic (exact) mass is 235 g/mol. The Morgan fingerprint density at radius 2 is 1.82 bits per heavy atom. The lowest BCUT2D eigenvalue weighted by Gasteiger charge is -2.25. The number of carbonyl (C=O) groups is 1. The molecule has 1 aromatic carbocycles. The molecule has 0 aliphatic rings. The van der Waals surface area contributed by atoms with Crippen LogP contribution in [0.15, 0.2) is 12.1 Å². The fourth-order valence-electron chi connectivity index (χ4n) is 2.19. The molecule has 0 aliphatic carbocycles. The molecule has 1 rings (SSSR count). The van der Waals surface area contributed by atoms with Gasteiger partial charge >= 0.3 is 0 Å². The van der Waals surface area contributed by atoms with E-state index in [0.29, 0.717) is 0 Å². The first-order chi connectivity index (χ1) is 7.90. The van der Waals surface area contributed by atoms with Gasteiger partial charge in [-0.2, -0.15) is 0 Å². The summed E-state index contributed by atoms with van der Waals surface area (Å²) in [5, 5.41) is 0. The van der Waals surface area contributed by atoms with E-state index in [0.717, 1.165) is 22.4 Å². The molecule has 3 heteroatoms. The first-order valence-electron chi connectivity index (χ1n) is 5.71. The summed E-state index contributed by atoms with van der Waals surface area (Å²) in [6, 6.07) is 3.73. The van der Waals surface area contributed by atoms with Gasteiger partial charge in [0, 0.05) is 0 Å². The Bertz CT molecular complexity index is 424. The van der Waals surface area contributed by atoms with Crippen molar-refractivity contribution < 1.29 is 9.53 Å². The van der Waals surface area contributed by atoms with Gasteiger partial charge in [-0.05, 0) is 57.6 Å². The van der Waals surface area contributed by atoms with Gasteiger partial charge in [0.2, 0.25) is 0 Å². The summed E-state index contributed by atoms with van der Waals surface area (Å²) in [4.78, 5) is 13.7. The number of carbonyl (C=O) groups excluding carboxylic acids is 1. The molecule has 3 nitrogen and oxygen atoms in total. The van der Waals surface area contributed by atoms with Crippen LogP contribution < -0.4 is 4.74 Å². The minimum atomic E-state index is -0.181. The van der Waals surface area contributed by atoms with E-state index in [1.807, 2.05) is 45.0 Å². The number of benzene rings is 1. The molecule has 0 N–H and O–H groups in total. The molecule has 1 atom stereocenters. The van der Waals surface area contributed by atoms with Crippen LogP contribution in [0.25, 0.3) is 0 Å². The highest BCUT2D eigenvalue weighted by molar-refractivity contribution is 5.83. The Morgan fingerprint density at radius 3 is 2.24 bits per heavy atom. The number of nitrogens with zero attached hydrogens (tertiary/aromatic N) is 1. The van der Waals surface area contributed by atoms with Crippen molar-refractivity contribution in [1.29, 1.82) is 0 Å². The lowest BCUT2D eigenvalue weighted by molar-refractivity contribution is -0.121. The summed E-state index contributed by atoms with van der Waals surface area (Å²) in [6.45, 7) is 5.68. The van der Waals surface area contributed by atoms with Crippen LogP contribution in [0.1, 0.15) is 29.7 Å². The topological polar surface area (TPSA) is 29.5 Å². The Balaban J connectivity index is 3.31. The Labute approximate surface area is 103 Å². The molecule has 0 heterocycles. The maximum Gasteiger partial charge on any atom is 0.151 e. The second-order valence-corrected chi connectivity index (χ2v) is 4.58. The van der Waals surface area contributed by atoms with Crippen molar-refractivity contribution in [2.45, 2.75) is 26.8 Å². The minimum Gasteiger partial charge on any atom is -0.496 e. The van der Waals surface area contributed by atoms with Crippen LogP contribution in [0.5, 0.6) is 5.75 Å². The van der Waals surface area contributed by atoms with Crippen LogP contribution in [0.3, 0.4) is 0 Å². The van der Waals surface area contributed by atoms with Crippen molar-refractivity contribution in [2.75, 3.05) is 21.2 Å². The Hall–Kier alpha value is -1.35. The summed E-state index contributed by atoms with van der Waals surface area (Å²) in [5.74, 6) is 1.02. The number of ketones is 1. The molecule has 0 bridgehead atoms. The van der Waals surface area contributed by atoms with Gasteiger partial charge in [-0.1, -0.05) is 6.07 Å². The van der Waals surface area contributed by atoms with Crippen LogP contribution in [-0.4, -0.2) is 31.9 Å². The molecule has 0 amide bonds. The normalized spacial score (nSPS) is 12.6. The van der Waals surface area contributed by atoms with Crippen molar-refractivity contribution in [3.05, 3.63) is 28.8 Å². The molecule has 1 unspecified atom stereocenters. The van der Waals surface area contributed by atoms with Crippen LogP contribution in [-0.2, 0) is 4.79 Å². The van der Waals surface area contributed by atoms with Gasteiger partial charge in [0.25, 0.3) is 0 Å². The van der Waals surface area contributed by atoms with Crippen LogP contribution >= 0.6 is 0 Å². The van der Waals surface area contributed by atoms with Crippen LogP contribution in [0.4, 0.5) is 0 Å². The molecular weight excluding hydrogens is 214 g/mol. The Kier molecular flexibility index (Phi) is 4.29. The second kappa shape index (κ2) is 5.32. The first-order valence-corrected chi connectivity index (χ1v) is 5.71. The van der Waals surface area contributed by atoms with Crippen molar-refractivity contribution in [1.82, 2.24) is 4.90 Å². The molecule has 0 fully saturated rings. The van der Waals surface area contributed by atoms with E-state index in [9.17, 15) is 4.79 Å². The molecule has 0 aromatic heterocycles. The highest BCUT2D eigenvalue weighted by atomic mass is 16.5. The maximum absolute atomic E-state index is 11.7. The number of Topliss-reactive ketones (excluding diaryl/α,β-unsaturated/α-hetero) is 1. The fraction of sp³-hybridized carbons (Fsp3) is 0.500. The predicted molar refractivity (Wildman–Crippen MR) is 69.6 cm³/mol. The zero-order chi connectivity index (χ0) is 13.2. The number of likely N-dealkylation sites (N-methyl/N-ethyl adjacent to an activating group) is 1. The smallest absolute Gasteiger partial charge is 0.151 e. The molecule has 1 aromatic rings. The molecule has 0 radical (unpaired) electrons. The average molecular weight is 235 g/mol. The van der Waals surface area contributed by atoms with Gasteiger partial charge in [0.15, 0.2) is 5.78 Å². The highest BCUT2D eigenvalue weighted by Gasteiger charge is 2.22. The van der Waals surface area contributed by atoms with Crippen molar-refractivity contribution in [2.24, 2.45) is 0 Å². The zero-order valence-corrected chi connectivity index (χ0v) is 11.5. The SMILES string of the molecule is COc1ccc(C(C(C)=O)N(C)C)c(C)c1C. The fourth-order valence-corrected chi connectivity index (χ4v) is 2.19. The summed E-state index contributed by atoms with van der Waals surface area (Å²) in [7, 11) is 5.51. The lowest BCUT2D eigenvalue weighted by Crippen LogP contribution is -2.26. The maximum atomic E-state index is 11.7. The van der Waals surface area contributed by atoms with Crippen molar-refractivity contribution >= 4 is 5.78 Å². The minimum absolute atomic E-state index is 0.155. The first kappa shape index (κ1) is 13.7. The third-order valence-corrected chi connectivity index (χ3v) is 3.20. The largest absolute Gasteiger partial charge is 0.496 e. The number of ether oxygens (including phenoxy) is 1. The standard InChI is InChI=1S/C14H21NO2/c1-9-10(2)13(17-6)8-7-12(9)14(11(3)16)15(4)5/h7-8,14H,1-6H3. The third kappa shape index (κ3) is 2.67. The molecular formula is C14H21NO2.